The number of halogens is 3. The van der Waals surface area contributed by atoms with Crippen LogP contribution in [0.5, 0.6) is 0 Å². The van der Waals surface area contributed by atoms with Gasteiger partial charge in [0.25, 0.3) is 0 Å². The number of hydrogen-bond acceptors (Lipinski definition) is 12. The summed E-state index contributed by atoms with van der Waals surface area (Å²) in [6, 6.07) is 12.3. The van der Waals surface area contributed by atoms with Gasteiger partial charge in [-0.15, -0.1) is 0 Å². The summed E-state index contributed by atoms with van der Waals surface area (Å²) in [7, 11) is 1.78. The fourth-order valence-electron chi connectivity index (χ4n) is 11.2. The van der Waals surface area contributed by atoms with Crippen LogP contribution in [0.2, 0.25) is 0 Å². The molecule has 2 atom stereocenters. The molecule has 2 saturated carbocycles. The summed E-state index contributed by atoms with van der Waals surface area (Å²) in [5.41, 5.74) is 3.59. The van der Waals surface area contributed by atoms with Crippen molar-refractivity contribution in [1.29, 1.82) is 0 Å². The lowest BCUT2D eigenvalue weighted by molar-refractivity contribution is -0.138. The molecule has 0 bridgehead atoms. The van der Waals surface area contributed by atoms with E-state index >= 15 is 0 Å². The molecule has 348 valence electrons. The second-order valence-corrected chi connectivity index (χ2v) is 20.6. The Hall–Kier alpha value is -4.65. The number of rotatable bonds is 11. The van der Waals surface area contributed by atoms with Gasteiger partial charge in [0.15, 0.2) is 0 Å². The van der Waals surface area contributed by atoms with Crippen LogP contribution in [0.1, 0.15) is 88.3 Å². The summed E-state index contributed by atoms with van der Waals surface area (Å²) in [5.74, 6) is 0.319. The number of nitrogens with one attached hydrogen (secondary N) is 3. The fourth-order valence-corrected chi connectivity index (χ4v) is 12.0. The van der Waals surface area contributed by atoms with Gasteiger partial charge in [0.1, 0.15) is 17.4 Å². The summed E-state index contributed by atoms with van der Waals surface area (Å²) in [6.07, 6.45) is 5.71. The van der Waals surface area contributed by atoms with Crippen LogP contribution in [0.3, 0.4) is 0 Å². The molecule has 2 unspecified atom stereocenters. The van der Waals surface area contributed by atoms with E-state index < -0.39 is 23.7 Å². The Morgan fingerprint density at radius 1 is 0.969 bits per heavy atom. The molecule has 6 aliphatic rings. The number of imide groups is 1. The largest absolute Gasteiger partial charge is 0.421 e. The van der Waals surface area contributed by atoms with Crippen molar-refractivity contribution in [3.63, 3.8) is 0 Å². The third-order valence-electron chi connectivity index (χ3n) is 15.1. The first kappa shape index (κ1) is 44.2. The molecular weight excluding hydrogens is 856 g/mol. The van der Waals surface area contributed by atoms with Crippen LogP contribution in [0.25, 0.3) is 11.0 Å². The van der Waals surface area contributed by atoms with Crippen molar-refractivity contribution in [1.82, 2.24) is 38.9 Å². The number of piperidine rings is 3. The number of alkyl halides is 3. The van der Waals surface area contributed by atoms with Crippen LogP contribution in [-0.4, -0.2) is 111 Å². The minimum absolute atomic E-state index is 0.0531. The lowest BCUT2D eigenvalue weighted by Crippen LogP contribution is -2.62. The Labute approximate surface area is 381 Å². The molecule has 65 heavy (non-hydrogen) atoms. The predicted octanol–water partition coefficient (Wildman–Crippen LogP) is 6.61. The molecule has 14 nitrogen and oxygen atoms in total. The Balaban J connectivity index is 0.688. The number of piperazine rings is 1. The van der Waals surface area contributed by atoms with E-state index in [1.807, 2.05) is 31.2 Å². The number of fused-ring (bicyclic) bond motifs is 1. The fraction of sp³-hybridized carbons (Fsp3) is 0.596. The van der Waals surface area contributed by atoms with Crippen LogP contribution in [0, 0.1) is 18.8 Å². The SMILES string of the molecule is Cc1cc(SNC2CC(N3CCN(CC4CCN(c5cccc6c5n(C)c(=O)n6C5CCC(=O)NC5=O)CC4)C4(CC4)C3)C2)ccc1Nc1ncc(C(F)(F)F)c(N2CCCC(C)C2)n1. The number of anilines is 4. The quantitative estimate of drug-likeness (QED) is 0.110. The molecule has 6 fully saturated rings. The van der Waals surface area contributed by atoms with E-state index in [0.29, 0.717) is 49.0 Å². The molecule has 0 radical (unpaired) electrons. The number of aromatic nitrogens is 4. The van der Waals surface area contributed by atoms with Gasteiger partial charge in [-0.05, 0) is 124 Å². The van der Waals surface area contributed by atoms with E-state index in [9.17, 15) is 27.6 Å². The van der Waals surface area contributed by atoms with Gasteiger partial charge in [0.2, 0.25) is 17.8 Å². The van der Waals surface area contributed by atoms with Crippen molar-refractivity contribution >= 4 is 57.9 Å². The highest BCUT2D eigenvalue weighted by atomic mass is 32.2. The second-order valence-electron chi connectivity index (χ2n) is 19.7. The van der Waals surface area contributed by atoms with Gasteiger partial charge >= 0.3 is 11.9 Å². The first-order valence-corrected chi connectivity index (χ1v) is 24.3. The van der Waals surface area contributed by atoms with Crippen LogP contribution < -0.4 is 30.8 Å². The third kappa shape index (κ3) is 8.87. The van der Waals surface area contributed by atoms with Gasteiger partial charge < -0.3 is 15.1 Å². The number of nitrogens with zero attached hydrogens (tertiary/aromatic N) is 8. The van der Waals surface area contributed by atoms with E-state index in [2.05, 4.69) is 59.1 Å². The van der Waals surface area contributed by atoms with Gasteiger partial charge in [0.05, 0.1) is 16.7 Å². The average molecular weight is 916 g/mol. The zero-order chi connectivity index (χ0) is 45.2. The van der Waals surface area contributed by atoms with Crippen molar-refractivity contribution in [2.75, 3.05) is 67.5 Å². The highest BCUT2D eigenvalue weighted by Crippen LogP contribution is 2.47. The molecule has 4 saturated heterocycles. The van der Waals surface area contributed by atoms with Gasteiger partial charge in [-0.3, -0.25) is 38.6 Å². The average Bonchev–Trinajstić information content (AvgIpc) is 3.99. The lowest BCUT2D eigenvalue weighted by atomic mass is 9.85. The first-order chi connectivity index (χ1) is 31.2. The summed E-state index contributed by atoms with van der Waals surface area (Å²) in [5, 5.41) is 5.59. The molecule has 2 amide bonds. The topological polar surface area (TPSA) is 136 Å². The standard InChI is InChI=1S/C47H60F3N11O3S/c1-29-6-5-17-58(26-29)42-35(47(48,49)50)25-51-44(54-42)52-36-10-9-34(22-30(36)2)65-55-32-23-33(24-32)59-20-21-60(46(28-59)15-16-46)27-31-13-18-57(19-14-31)37-7-4-8-38-41(37)56(3)45(64)61(38)39-11-12-40(62)53-43(39)63/h4,7-10,22,25,29,31-33,39,55H,5-6,11-21,23-24,26-28H2,1-3H3,(H,51,52,54)(H,53,62,63). The number of aryl methyl sites for hydroxylation is 2. The first-order valence-electron chi connectivity index (χ1n) is 23.5. The summed E-state index contributed by atoms with van der Waals surface area (Å²) < 4.78 is 48.7. The molecular formula is C47H60F3N11O3S. The summed E-state index contributed by atoms with van der Waals surface area (Å²) in [4.78, 5) is 57.3. The van der Waals surface area contributed by atoms with Gasteiger partial charge in [0, 0.05) is 100 Å². The molecule has 1 spiro atoms. The molecule has 2 aliphatic carbocycles. The highest BCUT2D eigenvalue weighted by molar-refractivity contribution is 7.97. The molecule has 18 heteroatoms. The van der Waals surface area contributed by atoms with Crippen molar-refractivity contribution in [2.24, 2.45) is 18.9 Å². The molecule has 10 rings (SSSR count). The Morgan fingerprint density at radius 2 is 1.77 bits per heavy atom. The highest BCUT2D eigenvalue weighted by Gasteiger charge is 2.53. The van der Waals surface area contributed by atoms with Gasteiger partial charge in [-0.2, -0.15) is 18.2 Å². The van der Waals surface area contributed by atoms with E-state index in [4.69, 9.17) is 0 Å². The van der Waals surface area contributed by atoms with Crippen LogP contribution in [-0.2, 0) is 22.8 Å². The number of carbonyl (C=O) groups is 2. The van der Waals surface area contributed by atoms with Gasteiger partial charge in [-0.1, -0.05) is 13.0 Å². The number of carbonyl (C=O) groups excluding carboxylic acids is 2. The minimum Gasteiger partial charge on any atom is -0.370 e. The molecule has 4 aliphatic heterocycles. The molecule has 4 aromatic rings. The minimum atomic E-state index is -4.53. The molecule has 3 N–H and O–H groups in total. The number of imidazole rings is 1. The van der Waals surface area contributed by atoms with Crippen molar-refractivity contribution in [3.05, 3.63) is 64.2 Å². The van der Waals surface area contributed by atoms with Crippen molar-refractivity contribution in [2.45, 2.75) is 113 Å². The number of amides is 2. The Kier molecular flexibility index (Phi) is 11.9. The Bertz CT molecular complexity index is 2510. The zero-order valence-corrected chi connectivity index (χ0v) is 38.3. The maximum absolute atomic E-state index is 13.9. The van der Waals surface area contributed by atoms with Crippen molar-refractivity contribution < 1.29 is 22.8 Å². The molecule has 2 aromatic heterocycles. The number of para-hydroxylation sites is 1. The smallest absolute Gasteiger partial charge is 0.370 e. The second kappa shape index (κ2) is 17.5. The lowest BCUT2D eigenvalue weighted by Gasteiger charge is -2.50. The third-order valence-corrected chi connectivity index (χ3v) is 16.1. The van der Waals surface area contributed by atoms with Crippen LogP contribution in [0.15, 0.2) is 52.3 Å². The zero-order valence-electron chi connectivity index (χ0n) is 37.5. The summed E-state index contributed by atoms with van der Waals surface area (Å²) >= 11 is 1.64. The Morgan fingerprint density at radius 3 is 2.49 bits per heavy atom. The van der Waals surface area contributed by atoms with E-state index in [1.54, 1.807) is 33.0 Å². The number of benzene rings is 2. The maximum atomic E-state index is 13.9. The summed E-state index contributed by atoms with van der Waals surface area (Å²) in [6.45, 7) is 11.4. The van der Waals surface area contributed by atoms with E-state index in [0.717, 1.165) is 117 Å². The van der Waals surface area contributed by atoms with Gasteiger partial charge in [-0.25, -0.2) is 9.78 Å². The monoisotopic (exact) mass is 915 g/mol. The molecule has 6 heterocycles. The molecule has 2 aromatic carbocycles. The van der Waals surface area contributed by atoms with E-state index in [1.165, 1.54) is 12.8 Å². The maximum Gasteiger partial charge on any atom is 0.421 e. The van der Waals surface area contributed by atoms with Crippen molar-refractivity contribution in [3.8, 4) is 0 Å². The van der Waals surface area contributed by atoms with Crippen LogP contribution >= 0.6 is 11.9 Å². The predicted molar refractivity (Wildman–Crippen MR) is 247 cm³/mol. The number of hydrogen-bond donors (Lipinski definition) is 3. The van der Waals surface area contributed by atoms with E-state index in [-0.39, 0.29) is 29.8 Å². The van der Waals surface area contributed by atoms with Crippen LogP contribution in [0.4, 0.5) is 36.3 Å². The normalized spacial score (nSPS) is 25.6.